The van der Waals surface area contributed by atoms with Gasteiger partial charge in [-0.2, -0.15) is 0 Å². The van der Waals surface area contributed by atoms with Crippen molar-refractivity contribution in [3.05, 3.63) is 59.3 Å². The second-order valence-electron chi connectivity index (χ2n) is 7.03. The number of nitrogens with one attached hydrogen (secondary N) is 1. The van der Waals surface area contributed by atoms with Crippen LogP contribution in [0.2, 0.25) is 0 Å². The van der Waals surface area contributed by atoms with E-state index in [2.05, 4.69) is 46.0 Å². The van der Waals surface area contributed by atoms with Gasteiger partial charge in [-0.15, -0.1) is 11.3 Å². The molecule has 0 aliphatic carbocycles. The molecule has 3 aromatic heterocycles. The Kier molecular flexibility index (Phi) is 5.08. The minimum Gasteiger partial charge on any atom is -0.344 e. The van der Waals surface area contributed by atoms with Crippen molar-refractivity contribution in [3.8, 4) is 10.7 Å². The Bertz CT molecular complexity index is 902. The Morgan fingerprint density at radius 1 is 1.12 bits per heavy atom. The molecule has 0 aliphatic heterocycles. The van der Waals surface area contributed by atoms with E-state index in [1.54, 1.807) is 31.0 Å². The third-order valence-corrected chi connectivity index (χ3v) is 4.77. The van der Waals surface area contributed by atoms with Crippen LogP contribution in [0.15, 0.2) is 42.4 Å². The van der Waals surface area contributed by atoms with E-state index in [1.807, 2.05) is 18.4 Å². The molecule has 1 atom stereocenters. The summed E-state index contributed by atoms with van der Waals surface area (Å²) in [5, 5.41) is 5.66. The van der Waals surface area contributed by atoms with E-state index in [0.717, 1.165) is 10.6 Å². The first-order valence-electron chi connectivity index (χ1n) is 8.33. The van der Waals surface area contributed by atoms with Crippen LogP contribution in [-0.2, 0) is 5.41 Å². The molecule has 1 amide bonds. The molecule has 0 aromatic carbocycles. The molecule has 0 aliphatic rings. The van der Waals surface area contributed by atoms with Crippen molar-refractivity contribution in [1.29, 1.82) is 0 Å². The van der Waals surface area contributed by atoms with Gasteiger partial charge in [-0.25, -0.2) is 4.98 Å². The maximum absolute atomic E-state index is 12.7. The lowest BCUT2D eigenvalue weighted by molar-refractivity contribution is 0.0938. The topological polar surface area (TPSA) is 80.7 Å². The number of aromatic nitrogens is 4. The van der Waals surface area contributed by atoms with Crippen LogP contribution in [0.5, 0.6) is 0 Å². The minimum absolute atomic E-state index is 0.0716. The monoisotopic (exact) mass is 367 g/mol. The van der Waals surface area contributed by atoms with Crippen LogP contribution < -0.4 is 5.32 Å². The first-order chi connectivity index (χ1) is 12.4. The predicted octanol–water partition coefficient (Wildman–Crippen LogP) is 3.78. The Balaban J connectivity index is 1.83. The van der Waals surface area contributed by atoms with E-state index in [1.165, 1.54) is 11.3 Å². The number of carbonyl (C=O) groups excluding carboxylic acids is 1. The summed E-state index contributed by atoms with van der Waals surface area (Å²) in [5.74, 6) is -0.188. The van der Waals surface area contributed by atoms with Gasteiger partial charge in [0.1, 0.15) is 10.7 Å². The van der Waals surface area contributed by atoms with Crippen molar-refractivity contribution < 1.29 is 4.79 Å². The minimum atomic E-state index is -0.312. The number of hydrogen-bond donors (Lipinski definition) is 1. The van der Waals surface area contributed by atoms with Crippen molar-refractivity contribution in [1.82, 2.24) is 25.3 Å². The lowest BCUT2D eigenvalue weighted by Gasteiger charge is -2.20. The number of rotatable bonds is 4. The quantitative estimate of drug-likeness (QED) is 0.759. The summed E-state index contributed by atoms with van der Waals surface area (Å²) in [6.45, 7) is 8.16. The van der Waals surface area contributed by atoms with Gasteiger partial charge >= 0.3 is 0 Å². The van der Waals surface area contributed by atoms with E-state index in [9.17, 15) is 4.79 Å². The SMILES string of the molecule is C[C@@H](NC(=O)c1cncc(C(C)(C)C)c1)c1nccnc1-c1nccs1. The fourth-order valence-electron chi connectivity index (χ4n) is 2.49. The zero-order chi connectivity index (χ0) is 18.7. The molecule has 0 fully saturated rings. The van der Waals surface area contributed by atoms with Crippen molar-refractivity contribution in [2.24, 2.45) is 0 Å². The number of pyridine rings is 1. The van der Waals surface area contributed by atoms with Gasteiger partial charge in [0.2, 0.25) is 0 Å². The van der Waals surface area contributed by atoms with Crippen LogP contribution in [0.1, 0.15) is 55.4 Å². The maximum Gasteiger partial charge on any atom is 0.253 e. The third-order valence-electron chi connectivity index (χ3n) is 3.99. The predicted molar refractivity (Wildman–Crippen MR) is 102 cm³/mol. The Labute approximate surface area is 156 Å². The zero-order valence-corrected chi connectivity index (χ0v) is 16.0. The van der Waals surface area contributed by atoms with E-state index in [0.29, 0.717) is 17.0 Å². The number of nitrogens with zero attached hydrogens (tertiary/aromatic N) is 4. The largest absolute Gasteiger partial charge is 0.344 e. The molecular weight excluding hydrogens is 346 g/mol. The highest BCUT2D eigenvalue weighted by Crippen LogP contribution is 2.26. The van der Waals surface area contributed by atoms with Crippen molar-refractivity contribution >= 4 is 17.2 Å². The van der Waals surface area contributed by atoms with Gasteiger partial charge in [0.05, 0.1) is 17.3 Å². The molecule has 0 saturated carbocycles. The number of hydrogen-bond acceptors (Lipinski definition) is 6. The molecule has 0 bridgehead atoms. The summed E-state index contributed by atoms with van der Waals surface area (Å²) in [4.78, 5) is 30.0. The molecule has 26 heavy (non-hydrogen) atoms. The summed E-state index contributed by atoms with van der Waals surface area (Å²) in [6, 6.07) is 1.57. The van der Waals surface area contributed by atoms with Crippen LogP contribution in [0.4, 0.5) is 0 Å². The smallest absolute Gasteiger partial charge is 0.253 e. The van der Waals surface area contributed by atoms with Gasteiger partial charge in [-0.05, 0) is 24.0 Å². The highest BCUT2D eigenvalue weighted by molar-refractivity contribution is 7.13. The van der Waals surface area contributed by atoms with E-state index in [-0.39, 0.29) is 17.4 Å². The lowest BCUT2D eigenvalue weighted by atomic mass is 9.87. The molecular formula is C19H21N5OS. The normalized spacial score (nSPS) is 12.6. The van der Waals surface area contributed by atoms with Crippen LogP contribution in [0.25, 0.3) is 10.7 Å². The average molecular weight is 367 g/mol. The first kappa shape index (κ1) is 18.1. The van der Waals surface area contributed by atoms with Gasteiger partial charge in [-0.3, -0.25) is 19.7 Å². The summed E-state index contributed by atoms with van der Waals surface area (Å²) in [5.41, 5.74) is 2.86. The molecule has 1 N–H and O–H groups in total. The number of thiazole rings is 1. The van der Waals surface area contributed by atoms with E-state index >= 15 is 0 Å². The molecule has 134 valence electrons. The molecule has 6 nitrogen and oxygen atoms in total. The van der Waals surface area contributed by atoms with Gasteiger partial charge in [0.25, 0.3) is 5.91 Å². The van der Waals surface area contributed by atoms with Crippen molar-refractivity contribution in [3.63, 3.8) is 0 Å². The number of carbonyl (C=O) groups is 1. The summed E-state index contributed by atoms with van der Waals surface area (Å²) >= 11 is 1.49. The molecule has 7 heteroatoms. The van der Waals surface area contributed by atoms with Gasteiger partial charge in [-0.1, -0.05) is 20.8 Å². The highest BCUT2D eigenvalue weighted by atomic mass is 32.1. The highest BCUT2D eigenvalue weighted by Gasteiger charge is 2.20. The Morgan fingerprint density at radius 3 is 2.58 bits per heavy atom. The number of amides is 1. The fraction of sp³-hybridized carbons (Fsp3) is 0.316. The summed E-state index contributed by atoms with van der Waals surface area (Å²) in [7, 11) is 0. The second-order valence-corrected chi connectivity index (χ2v) is 7.93. The fourth-order valence-corrected chi connectivity index (χ4v) is 3.13. The molecule has 0 saturated heterocycles. The maximum atomic E-state index is 12.7. The summed E-state index contributed by atoms with van der Waals surface area (Å²) in [6.07, 6.45) is 8.35. The van der Waals surface area contributed by atoms with Gasteiger partial charge in [0, 0.05) is 36.4 Å². The standard InChI is InChI=1S/C19H21N5OS/c1-12(15-16(22-6-5-21-15)18-23-7-8-26-18)24-17(25)13-9-14(11-20-10-13)19(2,3)4/h5-12H,1-4H3,(H,24,25)/t12-/m1/s1. The molecule has 3 rings (SSSR count). The van der Waals surface area contributed by atoms with E-state index in [4.69, 9.17) is 0 Å². The van der Waals surface area contributed by atoms with Gasteiger partial charge < -0.3 is 5.32 Å². The molecule has 3 aromatic rings. The van der Waals surface area contributed by atoms with Crippen LogP contribution in [0, 0.1) is 0 Å². The Hall–Kier alpha value is -2.67. The molecule has 0 unspecified atom stereocenters. The summed E-state index contributed by atoms with van der Waals surface area (Å²) < 4.78 is 0. The van der Waals surface area contributed by atoms with Crippen molar-refractivity contribution in [2.45, 2.75) is 39.2 Å². The van der Waals surface area contributed by atoms with Crippen LogP contribution in [-0.4, -0.2) is 25.8 Å². The molecule has 0 spiro atoms. The second kappa shape index (κ2) is 7.29. The van der Waals surface area contributed by atoms with Gasteiger partial charge in [0.15, 0.2) is 0 Å². The van der Waals surface area contributed by atoms with Crippen molar-refractivity contribution in [2.75, 3.05) is 0 Å². The molecule has 3 heterocycles. The zero-order valence-electron chi connectivity index (χ0n) is 15.2. The average Bonchev–Trinajstić information content (AvgIpc) is 3.15. The Morgan fingerprint density at radius 2 is 1.88 bits per heavy atom. The molecule has 0 radical (unpaired) electrons. The van der Waals surface area contributed by atoms with Crippen LogP contribution >= 0.6 is 11.3 Å². The van der Waals surface area contributed by atoms with E-state index < -0.39 is 0 Å². The lowest BCUT2D eigenvalue weighted by Crippen LogP contribution is -2.28. The third kappa shape index (κ3) is 3.94. The first-order valence-corrected chi connectivity index (χ1v) is 9.21. The van der Waals surface area contributed by atoms with Crippen LogP contribution in [0.3, 0.4) is 0 Å².